The molecular formula is C30H44Cl2N4O6. The number of nitrogens with one attached hydrogen (secondary N) is 3. The van der Waals surface area contributed by atoms with Gasteiger partial charge in [0.05, 0.1) is 6.04 Å². The summed E-state index contributed by atoms with van der Waals surface area (Å²) >= 11 is 13.0. The molecule has 4 amide bonds. The lowest BCUT2D eigenvalue weighted by Crippen LogP contribution is -2.59. The summed E-state index contributed by atoms with van der Waals surface area (Å²) < 4.78 is 4.50. The van der Waals surface area contributed by atoms with Crippen molar-refractivity contribution < 1.29 is 28.7 Å². The molecule has 1 heterocycles. The molecule has 4 aliphatic rings. The van der Waals surface area contributed by atoms with E-state index in [-0.39, 0.29) is 43.4 Å². The van der Waals surface area contributed by atoms with Crippen molar-refractivity contribution in [3.63, 3.8) is 0 Å². The number of Topliss-reactive ketones (excluding diaryl/α,β-unsaturated/α-hetero) is 1. The number of rotatable bonds is 12. The summed E-state index contributed by atoms with van der Waals surface area (Å²) in [4.78, 5) is 67.6. The van der Waals surface area contributed by atoms with Crippen molar-refractivity contribution in [2.75, 3.05) is 13.1 Å². The Labute approximate surface area is 258 Å². The molecule has 0 aromatic heterocycles. The van der Waals surface area contributed by atoms with Crippen molar-refractivity contribution in [3.05, 3.63) is 12.7 Å². The fourth-order valence-electron chi connectivity index (χ4n) is 6.96. The van der Waals surface area contributed by atoms with Gasteiger partial charge in [-0.25, -0.2) is 4.79 Å². The minimum absolute atomic E-state index is 0.0957. The highest BCUT2D eigenvalue weighted by Crippen LogP contribution is 2.65. The number of hydrogen-bond acceptors (Lipinski definition) is 6. The number of fused-ring (bicyclic) bond motifs is 1. The van der Waals surface area contributed by atoms with Crippen LogP contribution >= 0.6 is 23.2 Å². The molecule has 3 N–H and O–H groups in total. The first-order valence-corrected chi connectivity index (χ1v) is 16.1. The standard InChI is InChI=1S/C30H44Cl2N4O6/c1-4-9-21(25(37)27(39)33-14-5-2)34-26(38)24-22-20(30(22,31)32)16-36(24)28(40)23(18-10-7-6-8-11-18)35-29(41)42-19-13-12-17(3)15-19/h5,17-24H,2,4,6-16H2,1,3H3,(H,33,39)(H,34,38)(H,35,41)/t17?,19?,20-,21?,22-,23-,24-/m0/s1. The summed E-state index contributed by atoms with van der Waals surface area (Å²) in [7, 11) is 0. The average molecular weight is 628 g/mol. The molecule has 0 aromatic carbocycles. The maximum Gasteiger partial charge on any atom is 0.408 e. The monoisotopic (exact) mass is 626 g/mol. The number of carbonyl (C=O) groups excluding carboxylic acids is 5. The molecule has 3 saturated carbocycles. The van der Waals surface area contributed by atoms with Crippen LogP contribution in [0, 0.1) is 23.7 Å². The van der Waals surface area contributed by atoms with E-state index in [2.05, 4.69) is 29.5 Å². The van der Waals surface area contributed by atoms with E-state index in [1.807, 2.05) is 6.92 Å². The lowest BCUT2D eigenvalue weighted by Gasteiger charge is -2.36. The number of ketones is 1. The summed E-state index contributed by atoms with van der Waals surface area (Å²) in [5.41, 5.74) is 0. The summed E-state index contributed by atoms with van der Waals surface area (Å²) in [6.45, 7) is 7.76. The molecule has 42 heavy (non-hydrogen) atoms. The number of halogens is 2. The molecule has 7 atom stereocenters. The Bertz CT molecular complexity index is 1060. The second-order valence-corrected chi connectivity index (χ2v) is 13.9. The van der Waals surface area contributed by atoms with Gasteiger partial charge < -0.3 is 25.6 Å². The molecule has 0 bridgehead atoms. The number of ether oxygens (including phenoxy) is 1. The van der Waals surface area contributed by atoms with Crippen molar-refractivity contribution in [1.29, 1.82) is 0 Å². The zero-order chi connectivity index (χ0) is 30.6. The second-order valence-electron chi connectivity index (χ2n) is 12.4. The van der Waals surface area contributed by atoms with Gasteiger partial charge in [0.1, 0.15) is 22.5 Å². The number of hydrogen-bond donors (Lipinski definition) is 3. The van der Waals surface area contributed by atoms with E-state index in [9.17, 15) is 24.0 Å². The molecule has 0 spiro atoms. The van der Waals surface area contributed by atoms with Crippen LogP contribution < -0.4 is 16.0 Å². The van der Waals surface area contributed by atoms with E-state index < -0.39 is 52.1 Å². The van der Waals surface area contributed by atoms with Gasteiger partial charge in [-0.3, -0.25) is 19.2 Å². The van der Waals surface area contributed by atoms with Gasteiger partial charge in [-0.15, -0.1) is 29.8 Å². The van der Waals surface area contributed by atoms with Crippen LogP contribution in [0.1, 0.15) is 78.1 Å². The highest BCUT2D eigenvalue weighted by atomic mass is 35.5. The summed E-state index contributed by atoms with van der Waals surface area (Å²) in [5.74, 6) is -3.03. The number of piperidine rings is 1. The highest BCUT2D eigenvalue weighted by molar-refractivity contribution is 6.51. The average Bonchev–Trinajstić information content (AvgIpc) is 3.30. The molecule has 4 fully saturated rings. The van der Waals surface area contributed by atoms with Crippen molar-refractivity contribution in [2.24, 2.45) is 23.7 Å². The number of nitrogens with zero attached hydrogens (tertiary/aromatic N) is 1. The molecule has 12 heteroatoms. The molecular weight excluding hydrogens is 583 g/mol. The quantitative estimate of drug-likeness (QED) is 0.172. The molecule has 10 nitrogen and oxygen atoms in total. The lowest BCUT2D eigenvalue weighted by atomic mass is 9.83. The Morgan fingerprint density at radius 1 is 1.07 bits per heavy atom. The third kappa shape index (κ3) is 7.24. The largest absolute Gasteiger partial charge is 0.446 e. The topological polar surface area (TPSA) is 134 Å². The van der Waals surface area contributed by atoms with Crippen LogP contribution in [0.3, 0.4) is 0 Å². The Hall–Kier alpha value is -2.33. The predicted molar refractivity (Wildman–Crippen MR) is 159 cm³/mol. The maximum atomic E-state index is 14.2. The van der Waals surface area contributed by atoms with E-state index in [4.69, 9.17) is 27.9 Å². The normalized spacial score (nSPS) is 29.5. The Morgan fingerprint density at radius 2 is 1.79 bits per heavy atom. The van der Waals surface area contributed by atoms with Crippen LogP contribution in [0.5, 0.6) is 0 Å². The van der Waals surface area contributed by atoms with E-state index in [1.54, 1.807) is 0 Å². The lowest BCUT2D eigenvalue weighted by molar-refractivity contribution is -0.144. The summed E-state index contributed by atoms with van der Waals surface area (Å²) in [5, 5.41) is 8.03. The van der Waals surface area contributed by atoms with Crippen molar-refractivity contribution in [2.45, 2.75) is 107 Å². The van der Waals surface area contributed by atoms with Crippen LogP contribution in [-0.2, 0) is 23.9 Å². The molecule has 1 aliphatic heterocycles. The molecule has 0 aromatic rings. The van der Waals surface area contributed by atoms with Gasteiger partial charge in [-0.1, -0.05) is 45.6 Å². The van der Waals surface area contributed by atoms with Gasteiger partial charge in [-0.2, -0.15) is 0 Å². The SMILES string of the molecule is C=CCNC(=O)C(=O)C(CCC)NC(=O)[C@@H]1[C@@H]2[C@H](CN1C(=O)[C@@H](NC(=O)OC1CCC(C)C1)C1CCCCC1)C2(Cl)Cl. The minimum Gasteiger partial charge on any atom is -0.446 e. The van der Waals surface area contributed by atoms with E-state index in [0.29, 0.717) is 12.3 Å². The maximum absolute atomic E-state index is 14.2. The van der Waals surface area contributed by atoms with Crippen molar-refractivity contribution in [1.82, 2.24) is 20.9 Å². The summed E-state index contributed by atoms with van der Waals surface area (Å²) in [6.07, 6.45) is 8.53. The number of amides is 4. The number of alkyl carbamates (subject to hydrolysis) is 1. The first kappa shape index (κ1) is 32.6. The molecule has 1 saturated heterocycles. The predicted octanol–water partition coefficient (Wildman–Crippen LogP) is 3.64. The van der Waals surface area contributed by atoms with E-state index in [0.717, 1.165) is 51.4 Å². The first-order chi connectivity index (χ1) is 20.0. The molecule has 3 aliphatic carbocycles. The zero-order valence-corrected chi connectivity index (χ0v) is 26.1. The van der Waals surface area contributed by atoms with Gasteiger partial charge in [0.2, 0.25) is 17.6 Å². The zero-order valence-electron chi connectivity index (χ0n) is 24.5. The molecule has 3 unspecified atom stereocenters. The fourth-order valence-corrected chi connectivity index (χ4v) is 7.79. The van der Waals surface area contributed by atoms with Gasteiger partial charge >= 0.3 is 6.09 Å². The Kier molecular flexibility index (Phi) is 10.8. The van der Waals surface area contributed by atoms with Crippen LogP contribution in [0.25, 0.3) is 0 Å². The van der Waals surface area contributed by atoms with Crippen LogP contribution in [-0.4, -0.2) is 76.2 Å². The first-order valence-electron chi connectivity index (χ1n) is 15.4. The minimum atomic E-state index is -1.18. The Morgan fingerprint density at radius 3 is 2.40 bits per heavy atom. The van der Waals surface area contributed by atoms with Crippen LogP contribution in [0.4, 0.5) is 4.79 Å². The van der Waals surface area contributed by atoms with E-state index in [1.165, 1.54) is 11.0 Å². The summed E-state index contributed by atoms with van der Waals surface area (Å²) in [6, 6.07) is -2.97. The number of carbonyl (C=O) groups is 5. The van der Waals surface area contributed by atoms with E-state index >= 15 is 0 Å². The van der Waals surface area contributed by atoms with Crippen molar-refractivity contribution >= 4 is 52.8 Å². The smallest absolute Gasteiger partial charge is 0.408 e. The highest BCUT2D eigenvalue weighted by Gasteiger charge is 2.74. The van der Waals surface area contributed by atoms with Crippen LogP contribution in [0.15, 0.2) is 12.7 Å². The number of likely N-dealkylation sites (tertiary alicyclic amines) is 1. The third-order valence-electron chi connectivity index (χ3n) is 9.31. The van der Waals surface area contributed by atoms with Gasteiger partial charge in [0, 0.05) is 24.9 Å². The fraction of sp³-hybridized carbons (Fsp3) is 0.767. The molecule has 234 valence electrons. The van der Waals surface area contributed by atoms with Gasteiger partial charge in [0.25, 0.3) is 5.91 Å². The number of alkyl halides is 2. The second kappa shape index (κ2) is 14.0. The van der Waals surface area contributed by atoms with Gasteiger partial charge in [-0.05, 0) is 50.4 Å². The third-order valence-corrected chi connectivity index (χ3v) is 10.4. The van der Waals surface area contributed by atoms with Crippen LogP contribution in [0.2, 0.25) is 0 Å². The Balaban J connectivity index is 1.52. The van der Waals surface area contributed by atoms with Crippen molar-refractivity contribution in [3.8, 4) is 0 Å². The van der Waals surface area contributed by atoms with Gasteiger partial charge in [0.15, 0.2) is 0 Å². The molecule has 0 radical (unpaired) electrons. The molecule has 4 rings (SSSR count).